The van der Waals surface area contributed by atoms with Gasteiger partial charge in [0.2, 0.25) is 5.88 Å². The number of ether oxygens (including phenoxy) is 2. The number of aromatic nitrogens is 1. The third kappa shape index (κ3) is 8.24. The van der Waals surface area contributed by atoms with Crippen LogP contribution in [0.4, 0.5) is 0 Å². The van der Waals surface area contributed by atoms with Crippen molar-refractivity contribution in [2.75, 3.05) is 6.61 Å². The molecule has 0 saturated carbocycles. The van der Waals surface area contributed by atoms with E-state index in [2.05, 4.69) is 67.4 Å². The molecule has 0 amide bonds. The second kappa shape index (κ2) is 14.3. The molecule has 0 bridgehead atoms. The lowest BCUT2D eigenvalue weighted by Gasteiger charge is -2.17. The van der Waals surface area contributed by atoms with Gasteiger partial charge in [-0.15, -0.1) is 0 Å². The molecule has 0 N–H and O–H groups in total. The number of hydrogen-bond acceptors (Lipinski definition) is 4. The largest absolute Gasteiger partial charge is 0.478 e. The van der Waals surface area contributed by atoms with Gasteiger partial charge in [-0.1, -0.05) is 95.0 Å². The van der Waals surface area contributed by atoms with E-state index in [1.807, 2.05) is 6.92 Å². The second-order valence-electron chi connectivity index (χ2n) is 9.02. The van der Waals surface area contributed by atoms with Gasteiger partial charge in [0.05, 0.1) is 12.2 Å². The summed E-state index contributed by atoms with van der Waals surface area (Å²) in [6, 6.07) is 20.6. The van der Waals surface area contributed by atoms with E-state index in [1.165, 1.54) is 36.6 Å². The van der Waals surface area contributed by atoms with Gasteiger partial charge in [-0.2, -0.15) is 0 Å². The standard InChI is InChI=1S/C31H39NO3/c1-4-7-9-11-24-12-14-25(15-13-24)26-16-18-27(19-17-26)29(6-3)35-31(33)28-20-21-30(32-23-28)34-22-10-8-5-2/h12-21,23,29H,4-11,22H2,1-3H3. The first-order valence-electron chi connectivity index (χ1n) is 13.1. The molecule has 0 spiro atoms. The lowest BCUT2D eigenvalue weighted by molar-refractivity contribution is 0.0287. The SMILES string of the molecule is CCCCCOc1ccc(C(=O)OC(CC)c2ccc(-c3ccc(CCCCC)cc3)cc2)cn1. The Morgan fingerprint density at radius 3 is 2.06 bits per heavy atom. The average molecular weight is 474 g/mol. The topological polar surface area (TPSA) is 48.4 Å². The van der Waals surface area contributed by atoms with Gasteiger partial charge in [-0.05, 0) is 54.0 Å². The molecule has 0 saturated heterocycles. The average Bonchev–Trinajstić information content (AvgIpc) is 2.91. The summed E-state index contributed by atoms with van der Waals surface area (Å²) >= 11 is 0. The Kier molecular flexibility index (Phi) is 10.8. The monoisotopic (exact) mass is 473 g/mol. The quantitative estimate of drug-likeness (QED) is 0.174. The number of pyridine rings is 1. The molecule has 1 atom stereocenters. The Morgan fingerprint density at radius 2 is 1.46 bits per heavy atom. The predicted molar refractivity (Wildman–Crippen MR) is 143 cm³/mol. The first kappa shape index (κ1) is 26.5. The summed E-state index contributed by atoms with van der Waals surface area (Å²) in [6.07, 6.45) is 10.1. The highest BCUT2D eigenvalue weighted by Crippen LogP contribution is 2.27. The van der Waals surface area contributed by atoms with E-state index in [0.717, 1.165) is 36.8 Å². The molecule has 35 heavy (non-hydrogen) atoms. The number of esters is 1. The maximum Gasteiger partial charge on any atom is 0.340 e. The Balaban J connectivity index is 1.57. The molecule has 0 aliphatic carbocycles. The van der Waals surface area contributed by atoms with E-state index in [9.17, 15) is 4.79 Å². The van der Waals surface area contributed by atoms with E-state index in [1.54, 1.807) is 12.1 Å². The van der Waals surface area contributed by atoms with Crippen LogP contribution in [0.25, 0.3) is 11.1 Å². The first-order chi connectivity index (χ1) is 17.1. The fourth-order valence-electron chi connectivity index (χ4n) is 4.03. The Bertz CT molecular complexity index is 1010. The second-order valence-corrected chi connectivity index (χ2v) is 9.02. The van der Waals surface area contributed by atoms with Crippen molar-refractivity contribution in [2.24, 2.45) is 0 Å². The smallest absolute Gasteiger partial charge is 0.340 e. The number of carbonyl (C=O) groups is 1. The minimum Gasteiger partial charge on any atom is -0.478 e. The van der Waals surface area contributed by atoms with Gasteiger partial charge in [-0.3, -0.25) is 0 Å². The molecule has 4 heteroatoms. The highest BCUT2D eigenvalue weighted by Gasteiger charge is 2.17. The number of nitrogens with zero attached hydrogens (tertiary/aromatic N) is 1. The van der Waals surface area contributed by atoms with Crippen molar-refractivity contribution in [3.63, 3.8) is 0 Å². The Morgan fingerprint density at radius 1 is 0.800 bits per heavy atom. The molecule has 3 rings (SSSR count). The molecule has 3 aromatic rings. The highest BCUT2D eigenvalue weighted by atomic mass is 16.5. The minimum absolute atomic E-state index is 0.303. The molecule has 1 heterocycles. The van der Waals surface area contributed by atoms with Crippen LogP contribution in [0.2, 0.25) is 0 Å². The Hall–Kier alpha value is -3.14. The van der Waals surface area contributed by atoms with Crippen molar-refractivity contribution in [1.82, 2.24) is 4.98 Å². The lowest BCUT2D eigenvalue weighted by atomic mass is 9.99. The summed E-state index contributed by atoms with van der Waals surface area (Å²) < 4.78 is 11.4. The van der Waals surface area contributed by atoms with E-state index in [0.29, 0.717) is 24.5 Å². The fourth-order valence-corrected chi connectivity index (χ4v) is 4.03. The van der Waals surface area contributed by atoms with Crippen LogP contribution in [-0.4, -0.2) is 17.6 Å². The molecule has 1 unspecified atom stereocenters. The van der Waals surface area contributed by atoms with Crippen molar-refractivity contribution in [2.45, 2.75) is 78.2 Å². The van der Waals surface area contributed by atoms with Gasteiger partial charge in [-0.25, -0.2) is 9.78 Å². The third-order valence-electron chi connectivity index (χ3n) is 6.23. The van der Waals surface area contributed by atoms with Crippen LogP contribution in [0.1, 0.15) is 93.3 Å². The van der Waals surface area contributed by atoms with Crippen LogP contribution in [-0.2, 0) is 11.2 Å². The third-order valence-corrected chi connectivity index (χ3v) is 6.23. The molecule has 0 aliphatic rings. The van der Waals surface area contributed by atoms with Gasteiger partial charge >= 0.3 is 5.97 Å². The van der Waals surface area contributed by atoms with E-state index >= 15 is 0 Å². The molecule has 1 aromatic heterocycles. The molecule has 186 valence electrons. The fraction of sp³-hybridized carbons (Fsp3) is 0.419. The molecular formula is C31H39NO3. The normalized spacial score (nSPS) is 11.7. The van der Waals surface area contributed by atoms with Crippen LogP contribution in [0, 0.1) is 0 Å². The summed E-state index contributed by atoms with van der Waals surface area (Å²) in [5.74, 6) is 0.166. The van der Waals surface area contributed by atoms with Crippen LogP contribution in [0.5, 0.6) is 5.88 Å². The molecule has 0 aliphatic heterocycles. The molecule has 4 nitrogen and oxygen atoms in total. The molecule has 2 aromatic carbocycles. The van der Waals surface area contributed by atoms with E-state index in [-0.39, 0.29) is 12.1 Å². The van der Waals surface area contributed by atoms with Crippen molar-refractivity contribution in [1.29, 1.82) is 0 Å². The zero-order valence-corrected chi connectivity index (χ0v) is 21.5. The number of unbranched alkanes of at least 4 members (excludes halogenated alkanes) is 4. The number of rotatable bonds is 14. The summed E-state index contributed by atoms with van der Waals surface area (Å²) in [4.78, 5) is 17.0. The molecule has 0 fully saturated rings. The summed E-state index contributed by atoms with van der Waals surface area (Å²) in [5.41, 5.74) is 5.17. The summed E-state index contributed by atoms with van der Waals surface area (Å²) in [6.45, 7) is 7.05. The van der Waals surface area contributed by atoms with E-state index in [4.69, 9.17) is 9.47 Å². The minimum atomic E-state index is -0.371. The van der Waals surface area contributed by atoms with Gasteiger partial charge in [0, 0.05) is 12.3 Å². The highest BCUT2D eigenvalue weighted by molar-refractivity contribution is 5.89. The van der Waals surface area contributed by atoms with Crippen molar-refractivity contribution >= 4 is 5.97 Å². The number of aryl methyl sites for hydroxylation is 1. The van der Waals surface area contributed by atoms with Gasteiger partial charge < -0.3 is 9.47 Å². The maximum absolute atomic E-state index is 12.7. The van der Waals surface area contributed by atoms with Crippen LogP contribution < -0.4 is 4.74 Å². The van der Waals surface area contributed by atoms with Gasteiger partial charge in [0.25, 0.3) is 0 Å². The first-order valence-corrected chi connectivity index (χ1v) is 13.1. The van der Waals surface area contributed by atoms with Crippen LogP contribution >= 0.6 is 0 Å². The number of hydrogen-bond donors (Lipinski definition) is 0. The number of benzene rings is 2. The summed E-state index contributed by atoms with van der Waals surface area (Å²) in [5, 5.41) is 0. The van der Waals surface area contributed by atoms with Gasteiger partial charge in [0.1, 0.15) is 6.10 Å². The maximum atomic E-state index is 12.7. The zero-order chi connectivity index (χ0) is 24.9. The lowest BCUT2D eigenvalue weighted by Crippen LogP contribution is -2.11. The zero-order valence-electron chi connectivity index (χ0n) is 21.5. The number of carbonyl (C=O) groups excluding carboxylic acids is 1. The van der Waals surface area contributed by atoms with Crippen molar-refractivity contribution < 1.29 is 14.3 Å². The van der Waals surface area contributed by atoms with E-state index < -0.39 is 0 Å². The van der Waals surface area contributed by atoms with Crippen LogP contribution in [0.15, 0.2) is 66.9 Å². The van der Waals surface area contributed by atoms with Crippen LogP contribution in [0.3, 0.4) is 0 Å². The van der Waals surface area contributed by atoms with Crippen molar-refractivity contribution in [3.05, 3.63) is 83.6 Å². The Labute approximate surface area is 210 Å². The summed E-state index contributed by atoms with van der Waals surface area (Å²) in [7, 11) is 0. The predicted octanol–water partition coefficient (Wildman–Crippen LogP) is 8.36. The van der Waals surface area contributed by atoms with Gasteiger partial charge in [0.15, 0.2) is 0 Å². The molecular weight excluding hydrogens is 434 g/mol. The van der Waals surface area contributed by atoms with Crippen molar-refractivity contribution in [3.8, 4) is 17.0 Å². The molecule has 0 radical (unpaired) electrons.